The second-order valence-corrected chi connectivity index (χ2v) is 5.62. The van der Waals surface area contributed by atoms with Crippen molar-refractivity contribution in [3.8, 4) is 12.3 Å². The van der Waals surface area contributed by atoms with Gasteiger partial charge < -0.3 is 9.84 Å². The van der Waals surface area contributed by atoms with E-state index in [-0.39, 0.29) is 19.0 Å². The van der Waals surface area contributed by atoms with Gasteiger partial charge >= 0.3 is 0 Å². The van der Waals surface area contributed by atoms with Gasteiger partial charge in [0.1, 0.15) is 12.4 Å². The van der Waals surface area contributed by atoms with Crippen LogP contribution in [0, 0.1) is 18.2 Å². The molecule has 1 unspecified atom stereocenters. The number of aliphatic hydroxyl groups excluding tert-OH is 1. The molecule has 3 nitrogen and oxygen atoms in total. The molecule has 0 aliphatic rings. The third-order valence-corrected chi connectivity index (χ3v) is 3.57. The third kappa shape index (κ3) is 6.13. The zero-order chi connectivity index (χ0) is 17.2. The molecule has 0 spiro atoms. The highest BCUT2D eigenvalue weighted by Crippen LogP contribution is 2.13. The average molecular weight is 327 g/mol. The fourth-order valence-corrected chi connectivity index (χ4v) is 2.50. The Kier molecular flexibility index (Phi) is 7.44. The fraction of sp³-hybridized carbons (Fsp3) is 0.300. The van der Waals surface area contributed by atoms with Gasteiger partial charge in [-0.2, -0.15) is 0 Å². The maximum absolute atomic E-state index is 13.9. The Balaban J connectivity index is 2.03. The second kappa shape index (κ2) is 9.84. The lowest BCUT2D eigenvalue weighted by atomic mass is 10.1. The minimum atomic E-state index is -0.686. The molecule has 0 aliphatic carbocycles. The number of rotatable bonds is 9. The number of nitrogens with zero attached hydrogens (tertiary/aromatic N) is 1. The molecule has 0 aromatic heterocycles. The minimum Gasteiger partial charge on any atom is -0.389 e. The van der Waals surface area contributed by atoms with E-state index in [4.69, 9.17) is 11.2 Å². The summed E-state index contributed by atoms with van der Waals surface area (Å²) in [6.07, 6.45) is 4.44. The zero-order valence-electron chi connectivity index (χ0n) is 13.6. The topological polar surface area (TPSA) is 32.7 Å². The Hall–Kier alpha value is -2.19. The van der Waals surface area contributed by atoms with Crippen LogP contribution in [0.15, 0.2) is 54.6 Å². The van der Waals surface area contributed by atoms with Gasteiger partial charge in [0.2, 0.25) is 0 Å². The Labute approximate surface area is 142 Å². The van der Waals surface area contributed by atoms with Crippen molar-refractivity contribution in [1.82, 2.24) is 4.90 Å². The standard InChI is InChI=1S/C20H22FNO2/c1-2-12-24-16-19(23)15-22(13-17-8-4-3-5-9-17)14-18-10-6-7-11-20(18)21/h1,3-11,19,23H,12-16H2. The molecule has 126 valence electrons. The van der Waals surface area contributed by atoms with Crippen molar-refractivity contribution in [2.75, 3.05) is 19.8 Å². The van der Waals surface area contributed by atoms with Crippen LogP contribution in [-0.4, -0.2) is 35.9 Å². The van der Waals surface area contributed by atoms with E-state index in [0.29, 0.717) is 25.2 Å². The molecule has 0 saturated carbocycles. The predicted molar refractivity (Wildman–Crippen MR) is 92.6 cm³/mol. The summed E-state index contributed by atoms with van der Waals surface area (Å²) in [6.45, 7) is 1.72. The normalized spacial score (nSPS) is 12.1. The highest BCUT2D eigenvalue weighted by atomic mass is 19.1. The van der Waals surface area contributed by atoms with Crippen molar-refractivity contribution in [2.24, 2.45) is 0 Å². The van der Waals surface area contributed by atoms with Crippen LogP contribution >= 0.6 is 0 Å². The van der Waals surface area contributed by atoms with Gasteiger partial charge in [0, 0.05) is 25.2 Å². The molecular weight excluding hydrogens is 305 g/mol. The van der Waals surface area contributed by atoms with Crippen molar-refractivity contribution in [3.05, 3.63) is 71.5 Å². The average Bonchev–Trinajstić information content (AvgIpc) is 2.58. The van der Waals surface area contributed by atoms with Crippen LogP contribution in [0.3, 0.4) is 0 Å². The van der Waals surface area contributed by atoms with Crippen LogP contribution < -0.4 is 0 Å². The van der Waals surface area contributed by atoms with Gasteiger partial charge in [-0.3, -0.25) is 4.90 Å². The summed E-state index contributed by atoms with van der Waals surface area (Å²) in [5, 5.41) is 10.1. The lowest BCUT2D eigenvalue weighted by Gasteiger charge is -2.25. The monoisotopic (exact) mass is 327 g/mol. The molecule has 0 heterocycles. The van der Waals surface area contributed by atoms with Crippen molar-refractivity contribution in [1.29, 1.82) is 0 Å². The smallest absolute Gasteiger partial charge is 0.127 e. The van der Waals surface area contributed by atoms with Gasteiger partial charge in [-0.15, -0.1) is 6.42 Å². The van der Waals surface area contributed by atoms with Gasteiger partial charge in [0.25, 0.3) is 0 Å². The summed E-state index contributed by atoms with van der Waals surface area (Å²) < 4.78 is 19.1. The quantitative estimate of drug-likeness (QED) is 0.568. The number of aliphatic hydroxyl groups is 1. The van der Waals surface area contributed by atoms with Crippen LogP contribution in [0.2, 0.25) is 0 Å². The molecule has 0 saturated heterocycles. The maximum atomic E-state index is 13.9. The summed E-state index contributed by atoms with van der Waals surface area (Å²) in [5.74, 6) is 2.12. The van der Waals surface area contributed by atoms with Gasteiger partial charge in [-0.1, -0.05) is 54.5 Å². The van der Waals surface area contributed by atoms with E-state index >= 15 is 0 Å². The van der Waals surface area contributed by atoms with Crippen LogP contribution in [0.4, 0.5) is 4.39 Å². The molecule has 0 aliphatic heterocycles. The summed E-state index contributed by atoms with van der Waals surface area (Å²) in [5.41, 5.74) is 1.70. The van der Waals surface area contributed by atoms with E-state index in [9.17, 15) is 9.50 Å². The van der Waals surface area contributed by atoms with Crippen molar-refractivity contribution >= 4 is 0 Å². The third-order valence-electron chi connectivity index (χ3n) is 3.57. The summed E-state index contributed by atoms with van der Waals surface area (Å²) in [6, 6.07) is 16.6. The number of hydrogen-bond acceptors (Lipinski definition) is 3. The van der Waals surface area contributed by atoms with Crippen LogP contribution in [0.5, 0.6) is 0 Å². The van der Waals surface area contributed by atoms with E-state index in [1.807, 2.05) is 41.3 Å². The first kappa shape index (κ1) is 18.2. The van der Waals surface area contributed by atoms with Gasteiger partial charge in [0.05, 0.1) is 12.7 Å². The first-order valence-electron chi connectivity index (χ1n) is 7.88. The van der Waals surface area contributed by atoms with Crippen molar-refractivity contribution < 1.29 is 14.2 Å². The number of halogens is 1. The highest BCUT2D eigenvalue weighted by Gasteiger charge is 2.15. The maximum Gasteiger partial charge on any atom is 0.127 e. The molecule has 0 amide bonds. The lowest BCUT2D eigenvalue weighted by molar-refractivity contribution is 0.0241. The van der Waals surface area contributed by atoms with E-state index in [1.54, 1.807) is 12.1 Å². The lowest BCUT2D eigenvalue weighted by Crippen LogP contribution is -2.34. The van der Waals surface area contributed by atoms with Gasteiger partial charge in [-0.05, 0) is 11.6 Å². The second-order valence-electron chi connectivity index (χ2n) is 5.62. The molecule has 0 bridgehead atoms. The predicted octanol–water partition coefficient (Wildman–Crippen LogP) is 2.84. The molecule has 2 aromatic carbocycles. The summed E-state index contributed by atoms with van der Waals surface area (Å²) in [4.78, 5) is 2.00. The number of hydrogen-bond donors (Lipinski definition) is 1. The largest absolute Gasteiger partial charge is 0.389 e. The molecule has 0 radical (unpaired) electrons. The molecule has 1 N–H and O–H groups in total. The zero-order valence-corrected chi connectivity index (χ0v) is 13.6. The first-order chi connectivity index (χ1) is 11.7. The highest BCUT2D eigenvalue weighted by molar-refractivity contribution is 5.18. The Morgan fingerprint density at radius 3 is 2.50 bits per heavy atom. The van der Waals surface area contributed by atoms with E-state index in [0.717, 1.165) is 5.56 Å². The molecule has 2 rings (SSSR count). The van der Waals surface area contributed by atoms with Crippen molar-refractivity contribution in [2.45, 2.75) is 19.2 Å². The Morgan fingerprint density at radius 1 is 1.08 bits per heavy atom. The van der Waals surface area contributed by atoms with Crippen molar-refractivity contribution in [3.63, 3.8) is 0 Å². The van der Waals surface area contributed by atoms with Crippen LogP contribution in [0.1, 0.15) is 11.1 Å². The van der Waals surface area contributed by atoms with E-state index in [2.05, 4.69) is 5.92 Å². The van der Waals surface area contributed by atoms with Gasteiger partial charge in [0.15, 0.2) is 0 Å². The van der Waals surface area contributed by atoms with Crippen LogP contribution in [0.25, 0.3) is 0 Å². The summed E-state index contributed by atoms with van der Waals surface area (Å²) in [7, 11) is 0. The van der Waals surface area contributed by atoms with E-state index in [1.165, 1.54) is 6.07 Å². The number of terminal acetylenes is 1. The van der Waals surface area contributed by atoms with Crippen LogP contribution in [-0.2, 0) is 17.8 Å². The molecule has 4 heteroatoms. The van der Waals surface area contributed by atoms with Gasteiger partial charge in [-0.25, -0.2) is 4.39 Å². The molecule has 24 heavy (non-hydrogen) atoms. The van der Waals surface area contributed by atoms with E-state index < -0.39 is 6.10 Å². The fourth-order valence-electron chi connectivity index (χ4n) is 2.50. The Morgan fingerprint density at radius 2 is 1.79 bits per heavy atom. The first-order valence-corrected chi connectivity index (χ1v) is 7.88. The minimum absolute atomic E-state index is 0.159. The SMILES string of the molecule is C#CCOCC(O)CN(Cc1ccccc1)Cc1ccccc1F. The number of ether oxygens (including phenoxy) is 1. The Bertz CT molecular complexity index is 654. The number of benzene rings is 2. The summed E-state index contributed by atoms with van der Waals surface area (Å²) >= 11 is 0. The molecule has 2 aromatic rings. The molecule has 1 atom stereocenters. The molecule has 0 fully saturated rings. The molecular formula is C20H22FNO2.